The fourth-order valence-electron chi connectivity index (χ4n) is 1.80. The number of para-hydroxylation sites is 1. The molecule has 1 atom stereocenters. The van der Waals surface area contributed by atoms with E-state index in [1.165, 1.54) is 13.2 Å². The summed E-state index contributed by atoms with van der Waals surface area (Å²) in [5.41, 5.74) is 6.72. The summed E-state index contributed by atoms with van der Waals surface area (Å²) in [4.78, 5) is 1.65. The van der Waals surface area contributed by atoms with Gasteiger partial charge < -0.3 is 20.5 Å². The van der Waals surface area contributed by atoms with E-state index in [-0.39, 0.29) is 19.0 Å². The summed E-state index contributed by atoms with van der Waals surface area (Å²) in [6.07, 6.45) is -0.657. The molecule has 0 amide bonds. The third-order valence-electron chi connectivity index (χ3n) is 2.52. The molecular formula is C12H19FN2O2. The summed E-state index contributed by atoms with van der Waals surface area (Å²) in [7, 11) is 3.23. The number of nitrogens with two attached hydrogens (primary N) is 1. The highest BCUT2D eigenvalue weighted by molar-refractivity contribution is 5.54. The van der Waals surface area contributed by atoms with Crippen LogP contribution in [0.1, 0.15) is 5.56 Å². The van der Waals surface area contributed by atoms with Gasteiger partial charge in [0.15, 0.2) is 0 Å². The first kappa shape index (κ1) is 13.9. The van der Waals surface area contributed by atoms with Crippen LogP contribution in [0.2, 0.25) is 0 Å². The van der Waals surface area contributed by atoms with Crippen LogP contribution < -0.4 is 10.6 Å². The molecule has 96 valence electrons. The van der Waals surface area contributed by atoms with E-state index >= 15 is 0 Å². The van der Waals surface area contributed by atoms with Crippen LogP contribution in [0.3, 0.4) is 0 Å². The van der Waals surface area contributed by atoms with Gasteiger partial charge in [-0.25, -0.2) is 4.39 Å². The van der Waals surface area contributed by atoms with Gasteiger partial charge in [-0.3, -0.25) is 0 Å². The molecule has 0 aliphatic carbocycles. The molecule has 0 bridgehead atoms. The van der Waals surface area contributed by atoms with Crippen LogP contribution in [-0.2, 0) is 11.3 Å². The van der Waals surface area contributed by atoms with Gasteiger partial charge in [-0.1, -0.05) is 12.1 Å². The largest absolute Gasteiger partial charge is 0.389 e. The lowest BCUT2D eigenvalue weighted by atomic mass is 10.1. The molecule has 1 aromatic rings. The fraction of sp³-hybridized carbons (Fsp3) is 0.500. The van der Waals surface area contributed by atoms with Crippen molar-refractivity contribution in [3.63, 3.8) is 0 Å². The number of benzene rings is 1. The summed E-state index contributed by atoms with van der Waals surface area (Å²) in [6.45, 7) is 0.774. The Labute approximate surface area is 101 Å². The standard InChI is InChI=1S/C12H19FN2O2/c1-15(7-10(16)8-17-2)12-9(6-14)4-3-5-11(12)13/h3-5,10,16H,6-8,14H2,1-2H3. The number of methoxy groups -OCH3 is 1. The van der Waals surface area contributed by atoms with Crippen molar-refractivity contribution in [2.45, 2.75) is 12.6 Å². The monoisotopic (exact) mass is 242 g/mol. The number of rotatable bonds is 6. The second kappa shape index (κ2) is 6.54. The van der Waals surface area contributed by atoms with E-state index in [0.29, 0.717) is 12.2 Å². The van der Waals surface area contributed by atoms with Crippen LogP contribution in [0.4, 0.5) is 10.1 Å². The van der Waals surface area contributed by atoms with Gasteiger partial charge in [0, 0.05) is 27.2 Å². The summed E-state index contributed by atoms with van der Waals surface area (Å²) < 4.78 is 18.5. The Morgan fingerprint density at radius 3 is 2.82 bits per heavy atom. The summed E-state index contributed by atoms with van der Waals surface area (Å²) in [5, 5.41) is 9.62. The Morgan fingerprint density at radius 2 is 2.24 bits per heavy atom. The van der Waals surface area contributed by atoms with Gasteiger partial charge in [-0.05, 0) is 11.6 Å². The zero-order valence-electron chi connectivity index (χ0n) is 10.2. The van der Waals surface area contributed by atoms with Gasteiger partial charge in [0.2, 0.25) is 0 Å². The summed E-state index contributed by atoms with van der Waals surface area (Å²) in [5.74, 6) is -0.333. The van der Waals surface area contributed by atoms with Crippen molar-refractivity contribution in [3.8, 4) is 0 Å². The molecule has 1 aromatic carbocycles. The Bertz CT molecular complexity index is 360. The first-order chi connectivity index (χ1) is 8.10. The Kier molecular flexibility index (Phi) is 5.34. The van der Waals surface area contributed by atoms with Crippen LogP contribution in [0.15, 0.2) is 18.2 Å². The van der Waals surface area contributed by atoms with E-state index in [9.17, 15) is 9.50 Å². The molecule has 5 heteroatoms. The van der Waals surface area contributed by atoms with Crippen molar-refractivity contribution in [1.29, 1.82) is 0 Å². The maximum Gasteiger partial charge on any atom is 0.146 e. The van der Waals surface area contributed by atoms with E-state index in [1.807, 2.05) is 0 Å². The second-order valence-corrected chi connectivity index (χ2v) is 3.94. The van der Waals surface area contributed by atoms with Crippen LogP contribution in [-0.4, -0.2) is 38.5 Å². The minimum atomic E-state index is -0.657. The van der Waals surface area contributed by atoms with Gasteiger partial charge in [0.1, 0.15) is 5.82 Å². The number of nitrogens with zero attached hydrogens (tertiary/aromatic N) is 1. The molecule has 1 rings (SSSR count). The second-order valence-electron chi connectivity index (χ2n) is 3.94. The summed E-state index contributed by atoms with van der Waals surface area (Å²) in [6, 6.07) is 4.78. The van der Waals surface area contributed by atoms with Gasteiger partial charge >= 0.3 is 0 Å². The maximum atomic E-state index is 13.7. The molecule has 0 saturated carbocycles. The molecule has 0 saturated heterocycles. The van der Waals surface area contributed by atoms with Crippen molar-refractivity contribution < 1.29 is 14.2 Å². The molecule has 1 unspecified atom stereocenters. The minimum Gasteiger partial charge on any atom is -0.389 e. The number of aliphatic hydroxyl groups excluding tert-OH is 1. The van der Waals surface area contributed by atoms with Crippen molar-refractivity contribution in [2.24, 2.45) is 5.73 Å². The third kappa shape index (κ3) is 3.66. The fourth-order valence-corrected chi connectivity index (χ4v) is 1.80. The highest BCUT2D eigenvalue weighted by Crippen LogP contribution is 2.23. The maximum absolute atomic E-state index is 13.7. The van der Waals surface area contributed by atoms with Gasteiger partial charge in [-0.2, -0.15) is 0 Å². The average Bonchev–Trinajstić information content (AvgIpc) is 2.28. The number of ether oxygens (including phenoxy) is 1. The third-order valence-corrected chi connectivity index (χ3v) is 2.52. The Balaban J connectivity index is 2.84. The lowest BCUT2D eigenvalue weighted by Crippen LogP contribution is -2.33. The van der Waals surface area contributed by atoms with Crippen LogP contribution in [0.25, 0.3) is 0 Å². The van der Waals surface area contributed by atoms with Crippen molar-refractivity contribution >= 4 is 5.69 Å². The smallest absolute Gasteiger partial charge is 0.146 e. The molecule has 3 N–H and O–H groups in total. The minimum absolute atomic E-state index is 0.219. The van der Waals surface area contributed by atoms with E-state index in [2.05, 4.69) is 0 Å². The van der Waals surface area contributed by atoms with E-state index in [1.54, 1.807) is 24.1 Å². The SMILES string of the molecule is COCC(O)CN(C)c1c(F)cccc1CN. The average molecular weight is 242 g/mol. The zero-order chi connectivity index (χ0) is 12.8. The molecule has 0 radical (unpaired) electrons. The van der Waals surface area contributed by atoms with Crippen molar-refractivity contribution in [3.05, 3.63) is 29.6 Å². The van der Waals surface area contributed by atoms with Crippen LogP contribution in [0, 0.1) is 5.82 Å². The molecule has 0 aliphatic heterocycles. The molecule has 0 heterocycles. The van der Waals surface area contributed by atoms with Crippen LogP contribution in [0.5, 0.6) is 0 Å². The number of hydrogen-bond acceptors (Lipinski definition) is 4. The molecule has 0 aromatic heterocycles. The molecule has 17 heavy (non-hydrogen) atoms. The highest BCUT2D eigenvalue weighted by Gasteiger charge is 2.15. The molecule has 0 spiro atoms. The number of anilines is 1. The Morgan fingerprint density at radius 1 is 1.53 bits per heavy atom. The predicted molar refractivity (Wildman–Crippen MR) is 65.4 cm³/mol. The quantitative estimate of drug-likeness (QED) is 0.772. The number of likely N-dealkylation sites (N-methyl/N-ethyl adjacent to an activating group) is 1. The number of halogens is 1. The van der Waals surface area contributed by atoms with Crippen molar-refractivity contribution in [1.82, 2.24) is 0 Å². The van der Waals surface area contributed by atoms with Crippen molar-refractivity contribution in [2.75, 3.05) is 32.2 Å². The molecule has 4 nitrogen and oxygen atoms in total. The normalized spacial score (nSPS) is 12.5. The molecular weight excluding hydrogens is 223 g/mol. The number of aliphatic hydroxyl groups is 1. The lowest BCUT2D eigenvalue weighted by molar-refractivity contribution is 0.0694. The first-order valence-electron chi connectivity index (χ1n) is 5.45. The predicted octanol–water partition coefficient (Wildman–Crippen LogP) is 0.728. The molecule has 0 fully saturated rings. The zero-order valence-corrected chi connectivity index (χ0v) is 10.2. The van der Waals surface area contributed by atoms with Crippen LogP contribution >= 0.6 is 0 Å². The first-order valence-corrected chi connectivity index (χ1v) is 5.45. The van der Waals surface area contributed by atoms with E-state index in [4.69, 9.17) is 10.5 Å². The topological polar surface area (TPSA) is 58.7 Å². The van der Waals surface area contributed by atoms with Gasteiger partial charge in [0.05, 0.1) is 18.4 Å². The highest BCUT2D eigenvalue weighted by atomic mass is 19.1. The Hall–Kier alpha value is -1.17. The van der Waals surface area contributed by atoms with E-state index in [0.717, 1.165) is 5.56 Å². The number of hydrogen-bond donors (Lipinski definition) is 2. The van der Waals surface area contributed by atoms with Gasteiger partial charge in [0.25, 0.3) is 0 Å². The summed E-state index contributed by atoms with van der Waals surface area (Å²) >= 11 is 0. The molecule has 0 aliphatic rings. The lowest BCUT2D eigenvalue weighted by Gasteiger charge is -2.25. The van der Waals surface area contributed by atoms with Gasteiger partial charge in [-0.15, -0.1) is 0 Å². The van der Waals surface area contributed by atoms with E-state index < -0.39 is 6.10 Å².